The first-order chi connectivity index (χ1) is 9.19. The van der Waals surface area contributed by atoms with Crippen LogP contribution in [0.2, 0.25) is 5.15 Å². The number of hydrogen-bond acceptors (Lipinski definition) is 5. The number of pyridine rings is 1. The minimum absolute atomic E-state index is 0.214. The first-order valence-corrected chi connectivity index (χ1v) is 5.83. The summed E-state index contributed by atoms with van der Waals surface area (Å²) < 4.78 is 4.95. The molecule has 0 aliphatic heterocycles. The molecule has 19 heavy (non-hydrogen) atoms. The maximum atomic E-state index is 11.8. The molecule has 0 aliphatic rings. The summed E-state index contributed by atoms with van der Waals surface area (Å²) in [5.41, 5.74) is 1.07. The first-order valence-electron chi connectivity index (χ1n) is 5.45. The van der Waals surface area contributed by atoms with Crippen molar-refractivity contribution in [2.24, 2.45) is 0 Å². The van der Waals surface area contributed by atoms with Gasteiger partial charge in [0.2, 0.25) is 5.88 Å². The molecule has 0 aliphatic carbocycles. The molecule has 2 aromatic rings. The van der Waals surface area contributed by atoms with Gasteiger partial charge in [0.05, 0.1) is 7.11 Å². The van der Waals surface area contributed by atoms with Crippen molar-refractivity contribution in [3.05, 3.63) is 46.9 Å². The van der Waals surface area contributed by atoms with Gasteiger partial charge in [0.15, 0.2) is 10.8 Å². The van der Waals surface area contributed by atoms with Crippen LogP contribution >= 0.6 is 11.6 Å². The molecule has 0 fully saturated rings. The minimum atomic E-state index is -0.319. The van der Waals surface area contributed by atoms with E-state index in [4.69, 9.17) is 16.3 Å². The highest BCUT2D eigenvalue weighted by atomic mass is 35.5. The number of nitrogens with zero attached hydrogens (tertiary/aromatic N) is 3. The molecule has 0 unspecified atom stereocenters. The van der Waals surface area contributed by atoms with Crippen molar-refractivity contribution in [2.45, 2.75) is 6.54 Å². The second kappa shape index (κ2) is 6.10. The molecule has 0 radical (unpaired) electrons. The molecule has 2 heterocycles. The van der Waals surface area contributed by atoms with Crippen molar-refractivity contribution in [1.29, 1.82) is 0 Å². The maximum absolute atomic E-state index is 11.8. The summed E-state index contributed by atoms with van der Waals surface area (Å²) >= 11 is 5.59. The highest BCUT2D eigenvalue weighted by Crippen LogP contribution is 2.07. The average Bonchev–Trinajstić information content (AvgIpc) is 2.46. The van der Waals surface area contributed by atoms with E-state index in [1.807, 2.05) is 6.07 Å². The summed E-state index contributed by atoms with van der Waals surface area (Å²) in [5, 5.41) is 10.2. The Morgan fingerprint density at radius 3 is 2.74 bits per heavy atom. The van der Waals surface area contributed by atoms with Gasteiger partial charge in [-0.25, -0.2) is 4.98 Å². The molecular formula is C12H11ClN4O2. The van der Waals surface area contributed by atoms with Crippen LogP contribution in [0.15, 0.2) is 30.5 Å². The van der Waals surface area contributed by atoms with Crippen LogP contribution < -0.4 is 10.1 Å². The summed E-state index contributed by atoms with van der Waals surface area (Å²) in [7, 11) is 1.54. The van der Waals surface area contributed by atoms with Crippen molar-refractivity contribution in [1.82, 2.24) is 20.5 Å². The van der Waals surface area contributed by atoms with Crippen LogP contribution in [0.4, 0.5) is 0 Å². The topological polar surface area (TPSA) is 77.0 Å². The van der Waals surface area contributed by atoms with E-state index in [0.717, 1.165) is 5.56 Å². The van der Waals surface area contributed by atoms with Crippen LogP contribution in [0.1, 0.15) is 16.1 Å². The largest absolute Gasteiger partial charge is 0.481 e. The lowest BCUT2D eigenvalue weighted by atomic mass is 10.2. The van der Waals surface area contributed by atoms with Gasteiger partial charge in [0.1, 0.15) is 0 Å². The molecular weight excluding hydrogens is 268 g/mol. The van der Waals surface area contributed by atoms with Crippen LogP contribution in [-0.2, 0) is 6.54 Å². The van der Waals surface area contributed by atoms with Gasteiger partial charge in [-0.15, -0.1) is 10.2 Å². The van der Waals surface area contributed by atoms with Crippen molar-refractivity contribution in [2.75, 3.05) is 7.11 Å². The molecule has 2 rings (SSSR count). The van der Waals surface area contributed by atoms with Crippen LogP contribution in [0.3, 0.4) is 0 Å². The molecule has 1 N–H and O–H groups in total. The third-order valence-corrected chi connectivity index (χ3v) is 2.53. The monoisotopic (exact) mass is 278 g/mol. The SMILES string of the molecule is COc1ccc(CNC(=O)c2ccc(Cl)nn2)cn1. The summed E-state index contributed by atoms with van der Waals surface area (Å²) in [4.78, 5) is 15.8. The van der Waals surface area contributed by atoms with Gasteiger partial charge in [0.25, 0.3) is 5.91 Å². The number of methoxy groups -OCH3 is 1. The van der Waals surface area contributed by atoms with Gasteiger partial charge in [-0.1, -0.05) is 17.7 Å². The van der Waals surface area contributed by atoms with E-state index in [-0.39, 0.29) is 16.8 Å². The smallest absolute Gasteiger partial charge is 0.272 e. The molecule has 0 saturated heterocycles. The summed E-state index contributed by atoms with van der Waals surface area (Å²) in [6.45, 7) is 0.347. The Morgan fingerprint density at radius 2 is 2.16 bits per heavy atom. The van der Waals surface area contributed by atoms with Gasteiger partial charge in [-0.2, -0.15) is 0 Å². The van der Waals surface area contributed by atoms with Crippen molar-refractivity contribution < 1.29 is 9.53 Å². The Bertz CT molecular complexity index is 557. The van der Waals surface area contributed by atoms with Crippen LogP contribution in [0, 0.1) is 0 Å². The number of halogens is 1. The fraction of sp³-hybridized carbons (Fsp3) is 0.167. The lowest BCUT2D eigenvalue weighted by molar-refractivity contribution is 0.0945. The molecule has 1 amide bonds. The van der Waals surface area contributed by atoms with Gasteiger partial charge in [-0.05, 0) is 17.7 Å². The van der Waals surface area contributed by atoms with E-state index >= 15 is 0 Å². The third kappa shape index (κ3) is 3.62. The Hall–Kier alpha value is -2.21. The van der Waals surface area contributed by atoms with E-state index in [9.17, 15) is 4.79 Å². The predicted octanol–water partition coefficient (Wildman–Crippen LogP) is 1.46. The molecule has 7 heteroatoms. The number of amides is 1. The van der Waals surface area contributed by atoms with Crippen molar-refractivity contribution >= 4 is 17.5 Å². The third-order valence-electron chi connectivity index (χ3n) is 2.32. The number of ether oxygens (including phenoxy) is 1. The van der Waals surface area contributed by atoms with E-state index < -0.39 is 0 Å². The number of carbonyl (C=O) groups excluding carboxylic acids is 1. The zero-order valence-electron chi connectivity index (χ0n) is 10.1. The normalized spacial score (nSPS) is 10.0. The minimum Gasteiger partial charge on any atom is -0.481 e. The molecule has 0 saturated carbocycles. The number of carbonyl (C=O) groups is 1. The zero-order chi connectivity index (χ0) is 13.7. The molecule has 0 bridgehead atoms. The highest BCUT2D eigenvalue weighted by molar-refractivity contribution is 6.29. The first kappa shape index (κ1) is 13.2. The summed E-state index contributed by atoms with van der Waals surface area (Å²) in [6, 6.07) is 6.57. The van der Waals surface area contributed by atoms with Crippen LogP contribution in [0.5, 0.6) is 5.88 Å². The zero-order valence-corrected chi connectivity index (χ0v) is 10.9. The van der Waals surface area contributed by atoms with Crippen molar-refractivity contribution in [3.63, 3.8) is 0 Å². The van der Waals surface area contributed by atoms with Crippen LogP contribution in [-0.4, -0.2) is 28.2 Å². The number of nitrogens with one attached hydrogen (secondary N) is 1. The Labute approximate surface area is 114 Å². The molecule has 0 atom stereocenters. The number of hydrogen-bond donors (Lipinski definition) is 1. The van der Waals surface area contributed by atoms with Gasteiger partial charge < -0.3 is 10.1 Å². The molecule has 6 nitrogen and oxygen atoms in total. The second-order valence-electron chi connectivity index (χ2n) is 3.63. The fourth-order valence-corrected chi connectivity index (χ4v) is 1.45. The van der Waals surface area contributed by atoms with E-state index in [1.165, 1.54) is 12.1 Å². The van der Waals surface area contributed by atoms with Gasteiger partial charge in [-0.3, -0.25) is 4.79 Å². The molecule has 98 valence electrons. The highest BCUT2D eigenvalue weighted by Gasteiger charge is 2.07. The number of rotatable bonds is 4. The lowest BCUT2D eigenvalue weighted by Crippen LogP contribution is -2.24. The van der Waals surface area contributed by atoms with Crippen LogP contribution in [0.25, 0.3) is 0 Å². The second-order valence-corrected chi connectivity index (χ2v) is 4.02. The Kier molecular flexibility index (Phi) is 4.25. The molecule has 0 aromatic carbocycles. The summed E-state index contributed by atoms with van der Waals surface area (Å²) in [5.74, 6) is 0.207. The average molecular weight is 279 g/mol. The van der Waals surface area contributed by atoms with E-state index in [0.29, 0.717) is 12.4 Å². The van der Waals surface area contributed by atoms with Gasteiger partial charge in [0, 0.05) is 18.8 Å². The van der Waals surface area contributed by atoms with E-state index in [1.54, 1.807) is 19.4 Å². The Balaban J connectivity index is 1.94. The Morgan fingerprint density at radius 1 is 1.32 bits per heavy atom. The standard InChI is InChI=1S/C12H11ClN4O2/c1-19-11-5-2-8(6-14-11)7-15-12(18)9-3-4-10(13)17-16-9/h2-6H,7H2,1H3,(H,15,18). The molecule has 2 aromatic heterocycles. The fourth-order valence-electron chi connectivity index (χ4n) is 1.35. The molecule has 0 spiro atoms. The van der Waals surface area contributed by atoms with Gasteiger partial charge >= 0.3 is 0 Å². The number of aromatic nitrogens is 3. The predicted molar refractivity (Wildman–Crippen MR) is 69.0 cm³/mol. The maximum Gasteiger partial charge on any atom is 0.272 e. The summed E-state index contributed by atoms with van der Waals surface area (Å²) in [6.07, 6.45) is 1.63. The van der Waals surface area contributed by atoms with Crippen molar-refractivity contribution in [3.8, 4) is 5.88 Å². The lowest BCUT2D eigenvalue weighted by Gasteiger charge is -2.05. The van der Waals surface area contributed by atoms with E-state index in [2.05, 4.69) is 20.5 Å². The quantitative estimate of drug-likeness (QED) is 0.916.